The van der Waals surface area contributed by atoms with Gasteiger partial charge in [-0.15, -0.1) is 0 Å². The highest BCUT2D eigenvalue weighted by Crippen LogP contribution is 2.30. The molecule has 1 rings (SSSR count). The van der Waals surface area contributed by atoms with E-state index in [-0.39, 0.29) is 0 Å². The van der Waals surface area contributed by atoms with Gasteiger partial charge in [0.1, 0.15) is 0 Å². The molecular formula is C18H31N. The molecule has 1 heteroatoms. The quantitative estimate of drug-likeness (QED) is 0.762. The molecule has 1 nitrogen and oxygen atoms in total. The topological polar surface area (TPSA) is 12.0 Å². The van der Waals surface area contributed by atoms with Gasteiger partial charge < -0.3 is 5.32 Å². The maximum absolute atomic E-state index is 3.64. The number of hydrogen-bond donors (Lipinski definition) is 1. The second kappa shape index (κ2) is 7.09. The van der Waals surface area contributed by atoms with E-state index >= 15 is 0 Å². The molecule has 0 aliphatic heterocycles. The van der Waals surface area contributed by atoms with E-state index in [9.17, 15) is 0 Å². The molecule has 0 spiro atoms. The van der Waals surface area contributed by atoms with Crippen LogP contribution in [-0.4, -0.2) is 6.54 Å². The van der Waals surface area contributed by atoms with Gasteiger partial charge in [0, 0.05) is 6.04 Å². The highest BCUT2D eigenvalue weighted by Gasteiger charge is 2.19. The van der Waals surface area contributed by atoms with Gasteiger partial charge >= 0.3 is 0 Å². The van der Waals surface area contributed by atoms with Crippen molar-refractivity contribution in [3.63, 3.8) is 0 Å². The lowest BCUT2D eigenvalue weighted by molar-refractivity contribution is 0.314. The van der Waals surface area contributed by atoms with Crippen molar-refractivity contribution < 1.29 is 0 Å². The van der Waals surface area contributed by atoms with Crippen LogP contribution < -0.4 is 5.32 Å². The zero-order valence-corrected chi connectivity index (χ0v) is 13.6. The van der Waals surface area contributed by atoms with E-state index in [0.717, 1.165) is 12.5 Å². The number of benzene rings is 1. The predicted octanol–water partition coefficient (Wildman–Crippen LogP) is 4.97. The van der Waals surface area contributed by atoms with E-state index in [4.69, 9.17) is 0 Å². The van der Waals surface area contributed by atoms with Crippen molar-refractivity contribution in [3.8, 4) is 0 Å². The summed E-state index contributed by atoms with van der Waals surface area (Å²) in [6.45, 7) is 14.7. The van der Waals surface area contributed by atoms with Crippen LogP contribution in [0.4, 0.5) is 0 Å². The highest BCUT2D eigenvalue weighted by atomic mass is 14.9. The first-order valence-electron chi connectivity index (χ1n) is 7.64. The fourth-order valence-corrected chi connectivity index (χ4v) is 2.57. The first-order valence-corrected chi connectivity index (χ1v) is 7.64. The van der Waals surface area contributed by atoms with Crippen molar-refractivity contribution >= 4 is 0 Å². The molecular weight excluding hydrogens is 230 g/mol. The Hall–Kier alpha value is -0.820. The monoisotopic (exact) mass is 261 g/mol. The highest BCUT2D eigenvalue weighted by molar-refractivity contribution is 5.26. The Labute approximate surface area is 119 Å². The zero-order valence-electron chi connectivity index (χ0n) is 13.6. The second-order valence-electron chi connectivity index (χ2n) is 7.22. The van der Waals surface area contributed by atoms with Gasteiger partial charge in [-0.2, -0.15) is 0 Å². The molecule has 0 heterocycles. The lowest BCUT2D eigenvalue weighted by Gasteiger charge is -2.27. The van der Waals surface area contributed by atoms with E-state index < -0.39 is 0 Å². The largest absolute Gasteiger partial charge is 0.310 e. The molecule has 0 aromatic heterocycles. The SMILES string of the molecule is CCNC(CC(C)(C)C)c1cccc(CC(C)C)c1. The molecule has 1 atom stereocenters. The fraction of sp³-hybridized carbons (Fsp3) is 0.667. The molecule has 0 bridgehead atoms. The molecule has 0 aliphatic carbocycles. The minimum absolute atomic E-state index is 0.348. The molecule has 0 aliphatic rings. The van der Waals surface area contributed by atoms with Crippen LogP contribution in [0.5, 0.6) is 0 Å². The van der Waals surface area contributed by atoms with Gasteiger partial charge in [0.25, 0.3) is 0 Å². The Morgan fingerprint density at radius 2 is 1.84 bits per heavy atom. The van der Waals surface area contributed by atoms with Crippen LogP contribution in [0.3, 0.4) is 0 Å². The summed E-state index contributed by atoms with van der Waals surface area (Å²) in [5, 5.41) is 3.64. The maximum Gasteiger partial charge on any atom is 0.0325 e. The minimum Gasteiger partial charge on any atom is -0.310 e. The van der Waals surface area contributed by atoms with Crippen molar-refractivity contribution in [1.82, 2.24) is 5.32 Å². The van der Waals surface area contributed by atoms with Crippen LogP contribution in [0.15, 0.2) is 24.3 Å². The van der Waals surface area contributed by atoms with Gasteiger partial charge in [-0.1, -0.05) is 65.8 Å². The summed E-state index contributed by atoms with van der Waals surface area (Å²) in [6, 6.07) is 9.59. The van der Waals surface area contributed by atoms with Gasteiger partial charge in [-0.05, 0) is 41.8 Å². The molecule has 0 amide bonds. The lowest BCUT2D eigenvalue weighted by atomic mass is 9.85. The standard InChI is InChI=1S/C18H31N/c1-7-19-17(13-18(4,5)6)16-10-8-9-15(12-16)11-14(2)3/h8-10,12,14,17,19H,7,11,13H2,1-6H3. The summed E-state index contributed by atoms with van der Waals surface area (Å²) in [5.74, 6) is 0.718. The van der Waals surface area contributed by atoms with E-state index in [0.29, 0.717) is 11.5 Å². The van der Waals surface area contributed by atoms with Crippen molar-refractivity contribution in [2.45, 2.75) is 60.4 Å². The lowest BCUT2D eigenvalue weighted by Crippen LogP contribution is -2.25. The molecule has 0 saturated carbocycles. The van der Waals surface area contributed by atoms with Gasteiger partial charge in [-0.3, -0.25) is 0 Å². The van der Waals surface area contributed by atoms with Gasteiger partial charge in [-0.25, -0.2) is 0 Å². The third kappa shape index (κ3) is 6.24. The Kier molecular flexibility index (Phi) is 6.06. The molecule has 19 heavy (non-hydrogen) atoms. The summed E-state index contributed by atoms with van der Waals surface area (Å²) < 4.78 is 0. The molecule has 108 valence electrons. The Balaban J connectivity index is 2.89. The molecule has 0 fully saturated rings. The Bertz CT molecular complexity index is 374. The fourth-order valence-electron chi connectivity index (χ4n) is 2.57. The summed E-state index contributed by atoms with van der Waals surface area (Å²) >= 11 is 0. The molecule has 0 radical (unpaired) electrons. The first kappa shape index (κ1) is 16.2. The average Bonchev–Trinajstić information content (AvgIpc) is 2.26. The number of hydrogen-bond acceptors (Lipinski definition) is 1. The van der Waals surface area contributed by atoms with Crippen molar-refractivity contribution in [3.05, 3.63) is 35.4 Å². The van der Waals surface area contributed by atoms with E-state index in [2.05, 4.69) is 71.1 Å². The molecule has 1 unspecified atom stereocenters. The molecule has 0 saturated heterocycles. The van der Waals surface area contributed by atoms with Gasteiger partial charge in [0.15, 0.2) is 0 Å². The van der Waals surface area contributed by atoms with Crippen LogP contribution in [0.25, 0.3) is 0 Å². The summed E-state index contributed by atoms with van der Waals surface area (Å²) in [6.07, 6.45) is 2.34. The van der Waals surface area contributed by atoms with Crippen LogP contribution in [0.2, 0.25) is 0 Å². The minimum atomic E-state index is 0.348. The van der Waals surface area contributed by atoms with E-state index in [1.54, 1.807) is 0 Å². The van der Waals surface area contributed by atoms with E-state index in [1.165, 1.54) is 24.0 Å². The predicted molar refractivity (Wildman–Crippen MR) is 85.5 cm³/mol. The normalized spacial score (nSPS) is 13.8. The van der Waals surface area contributed by atoms with Crippen molar-refractivity contribution in [1.29, 1.82) is 0 Å². The zero-order chi connectivity index (χ0) is 14.5. The maximum atomic E-state index is 3.64. The Morgan fingerprint density at radius 3 is 2.37 bits per heavy atom. The second-order valence-corrected chi connectivity index (χ2v) is 7.22. The van der Waals surface area contributed by atoms with Crippen LogP contribution in [0.1, 0.15) is 65.1 Å². The number of rotatable bonds is 6. The van der Waals surface area contributed by atoms with Gasteiger partial charge in [0.05, 0.1) is 0 Å². The smallest absolute Gasteiger partial charge is 0.0325 e. The molecule has 1 aromatic rings. The summed E-state index contributed by atoms with van der Waals surface area (Å²) in [4.78, 5) is 0. The number of nitrogens with one attached hydrogen (secondary N) is 1. The average molecular weight is 261 g/mol. The van der Waals surface area contributed by atoms with Crippen LogP contribution in [-0.2, 0) is 6.42 Å². The first-order chi connectivity index (χ1) is 8.81. The summed E-state index contributed by atoms with van der Waals surface area (Å²) in [7, 11) is 0. The van der Waals surface area contributed by atoms with Gasteiger partial charge in [0.2, 0.25) is 0 Å². The van der Waals surface area contributed by atoms with Crippen LogP contribution >= 0.6 is 0 Å². The van der Waals surface area contributed by atoms with Crippen LogP contribution in [0, 0.1) is 11.3 Å². The van der Waals surface area contributed by atoms with Crippen molar-refractivity contribution in [2.75, 3.05) is 6.54 Å². The third-order valence-electron chi connectivity index (χ3n) is 3.26. The molecule has 1 aromatic carbocycles. The van der Waals surface area contributed by atoms with Crippen molar-refractivity contribution in [2.24, 2.45) is 11.3 Å². The Morgan fingerprint density at radius 1 is 1.16 bits per heavy atom. The third-order valence-corrected chi connectivity index (χ3v) is 3.26. The molecule has 1 N–H and O–H groups in total. The van der Waals surface area contributed by atoms with E-state index in [1.807, 2.05) is 0 Å². The summed E-state index contributed by atoms with van der Waals surface area (Å²) in [5.41, 5.74) is 3.25.